The van der Waals surface area contributed by atoms with E-state index in [0.717, 1.165) is 16.1 Å². The zero-order chi connectivity index (χ0) is 18.2. The second-order valence-corrected chi connectivity index (χ2v) is 7.32. The van der Waals surface area contributed by atoms with E-state index in [1.54, 1.807) is 18.8 Å². The van der Waals surface area contributed by atoms with Crippen molar-refractivity contribution in [2.24, 2.45) is 0 Å². The Kier molecular flexibility index (Phi) is 7.34. The van der Waals surface area contributed by atoms with Gasteiger partial charge in [-0.05, 0) is 43.3 Å². The molecule has 0 unspecified atom stereocenters. The Morgan fingerprint density at radius 3 is 2.36 bits per heavy atom. The molecule has 0 aliphatic carbocycles. The fraction of sp³-hybridized carbons (Fsp3) is 0.263. The van der Waals surface area contributed by atoms with Crippen molar-refractivity contribution in [2.75, 3.05) is 24.7 Å². The van der Waals surface area contributed by atoms with Gasteiger partial charge in [-0.1, -0.05) is 29.3 Å². The van der Waals surface area contributed by atoms with Gasteiger partial charge in [-0.2, -0.15) is 0 Å². The van der Waals surface area contributed by atoms with Crippen LogP contribution in [0.15, 0.2) is 53.4 Å². The second-order valence-electron chi connectivity index (χ2n) is 5.72. The average molecular weight is 377 g/mol. The van der Waals surface area contributed by atoms with E-state index in [4.69, 9.17) is 11.6 Å². The van der Waals surface area contributed by atoms with Gasteiger partial charge in [0.25, 0.3) is 0 Å². The molecule has 0 heterocycles. The summed E-state index contributed by atoms with van der Waals surface area (Å²) in [5.74, 6) is 0.398. The van der Waals surface area contributed by atoms with Crippen LogP contribution in [0.2, 0.25) is 5.02 Å². The quantitative estimate of drug-likeness (QED) is 0.736. The van der Waals surface area contributed by atoms with Crippen molar-refractivity contribution in [3.63, 3.8) is 0 Å². The van der Waals surface area contributed by atoms with Crippen LogP contribution in [0, 0.1) is 6.92 Å². The first-order valence-corrected chi connectivity index (χ1v) is 9.29. The number of anilines is 1. The first-order chi connectivity index (χ1) is 11.9. The molecule has 4 nitrogen and oxygen atoms in total. The lowest BCUT2D eigenvalue weighted by molar-refractivity contribution is -0.132. The first-order valence-electron chi connectivity index (χ1n) is 7.93. The number of carbonyl (C=O) groups excluding carboxylic acids is 2. The molecule has 2 aromatic rings. The summed E-state index contributed by atoms with van der Waals surface area (Å²) in [4.78, 5) is 26.7. The highest BCUT2D eigenvalue weighted by molar-refractivity contribution is 7.99. The third kappa shape index (κ3) is 6.80. The zero-order valence-electron chi connectivity index (χ0n) is 14.3. The molecule has 132 valence electrons. The number of hydrogen-bond donors (Lipinski definition) is 1. The van der Waals surface area contributed by atoms with Crippen LogP contribution >= 0.6 is 23.4 Å². The lowest BCUT2D eigenvalue weighted by atomic mass is 10.2. The van der Waals surface area contributed by atoms with Crippen molar-refractivity contribution in [2.45, 2.75) is 18.2 Å². The number of likely N-dealkylation sites (N-methyl/N-ethyl adjacent to an activating group) is 1. The van der Waals surface area contributed by atoms with Crippen molar-refractivity contribution in [3.8, 4) is 0 Å². The summed E-state index contributed by atoms with van der Waals surface area (Å²) >= 11 is 7.43. The van der Waals surface area contributed by atoms with Crippen LogP contribution in [-0.4, -0.2) is 36.1 Å². The topological polar surface area (TPSA) is 49.4 Å². The predicted molar refractivity (Wildman–Crippen MR) is 104 cm³/mol. The van der Waals surface area contributed by atoms with E-state index in [9.17, 15) is 9.59 Å². The Labute approximate surface area is 157 Å². The summed E-state index contributed by atoms with van der Waals surface area (Å²) < 4.78 is 0. The van der Waals surface area contributed by atoms with E-state index in [1.807, 2.05) is 55.5 Å². The molecule has 25 heavy (non-hydrogen) atoms. The molecule has 0 saturated carbocycles. The monoisotopic (exact) mass is 376 g/mol. The highest BCUT2D eigenvalue weighted by atomic mass is 35.5. The molecule has 0 aliphatic heterocycles. The lowest BCUT2D eigenvalue weighted by Gasteiger charge is -2.16. The molecule has 0 aromatic heterocycles. The number of nitrogens with zero attached hydrogens (tertiary/aromatic N) is 1. The highest BCUT2D eigenvalue weighted by Gasteiger charge is 2.13. The van der Waals surface area contributed by atoms with Gasteiger partial charge < -0.3 is 10.2 Å². The number of thioether (sulfide) groups is 1. The molecule has 2 rings (SSSR count). The number of nitrogens with one attached hydrogen (secondary N) is 1. The molecule has 0 radical (unpaired) electrons. The molecular formula is C19H21ClN2O2S. The normalized spacial score (nSPS) is 10.4. The van der Waals surface area contributed by atoms with Crippen LogP contribution in [0.25, 0.3) is 0 Å². The van der Waals surface area contributed by atoms with E-state index in [-0.39, 0.29) is 18.4 Å². The maximum atomic E-state index is 12.1. The standard InChI is InChI=1S/C19H21ClN2O2S/c1-14-3-7-16(8-4-14)21-18(23)13-22(2)19(24)11-12-25-17-9-5-15(20)6-10-17/h3-10H,11-13H2,1-2H3,(H,21,23). The minimum Gasteiger partial charge on any atom is -0.336 e. The van der Waals surface area contributed by atoms with E-state index >= 15 is 0 Å². The van der Waals surface area contributed by atoms with Gasteiger partial charge in [-0.3, -0.25) is 9.59 Å². The molecule has 2 aromatic carbocycles. The van der Waals surface area contributed by atoms with Crippen molar-refractivity contribution in [1.82, 2.24) is 4.90 Å². The van der Waals surface area contributed by atoms with Crippen molar-refractivity contribution >= 4 is 40.9 Å². The molecule has 0 saturated heterocycles. The fourth-order valence-corrected chi connectivity index (χ4v) is 3.09. The molecule has 2 amide bonds. The van der Waals surface area contributed by atoms with Crippen LogP contribution in [0.5, 0.6) is 0 Å². The smallest absolute Gasteiger partial charge is 0.243 e. The van der Waals surface area contributed by atoms with Crippen molar-refractivity contribution < 1.29 is 9.59 Å². The number of halogens is 1. The number of hydrogen-bond acceptors (Lipinski definition) is 3. The molecule has 0 aliphatic rings. The van der Waals surface area contributed by atoms with Gasteiger partial charge in [0.2, 0.25) is 11.8 Å². The van der Waals surface area contributed by atoms with Gasteiger partial charge in [-0.25, -0.2) is 0 Å². The van der Waals surface area contributed by atoms with Crippen molar-refractivity contribution in [1.29, 1.82) is 0 Å². The molecule has 0 spiro atoms. The number of rotatable bonds is 7. The van der Waals surface area contributed by atoms with Gasteiger partial charge >= 0.3 is 0 Å². The molecule has 0 fully saturated rings. The summed E-state index contributed by atoms with van der Waals surface area (Å²) in [6.45, 7) is 2.03. The molecule has 6 heteroatoms. The molecule has 1 N–H and O–H groups in total. The average Bonchev–Trinajstić information content (AvgIpc) is 2.58. The van der Waals surface area contributed by atoms with Crippen LogP contribution in [0.1, 0.15) is 12.0 Å². The van der Waals surface area contributed by atoms with Crippen LogP contribution in [0.4, 0.5) is 5.69 Å². The van der Waals surface area contributed by atoms with Gasteiger partial charge in [0.1, 0.15) is 0 Å². The van der Waals surface area contributed by atoms with Crippen LogP contribution in [0.3, 0.4) is 0 Å². The summed E-state index contributed by atoms with van der Waals surface area (Å²) in [5, 5.41) is 3.49. The maximum Gasteiger partial charge on any atom is 0.243 e. The third-order valence-electron chi connectivity index (χ3n) is 3.54. The Morgan fingerprint density at radius 2 is 1.72 bits per heavy atom. The number of amides is 2. The maximum absolute atomic E-state index is 12.1. The molecule has 0 atom stereocenters. The largest absolute Gasteiger partial charge is 0.336 e. The lowest BCUT2D eigenvalue weighted by Crippen LogP contribution is -2.35. The number of carbonyl (C=O) groups is 2. The predicted octanol–water partition coefficient (Wildman–Crippen LogP) is 4.23. The zero-order valence-corrected chi connectivity index (χ0v) is 15.9. The summed E-state index contributed by atoms with van der Waals surface area (Å²) in [7, 11) is 1.64. The number of aryl methyl sites for hydroxylation is 1. The van der Waals surface area contributed by atoms with E-state index in [2.05, 4.69) is 5.32 Å². The SMILES string of the molecule is Cc1ccc(NC(=O)CN(C)C(=O)CCSc2ccc(Cl)cc2)cc1. The Morgan fingerprint density at radius 1 is 1.08 bits per heavy atom. The van der Waals surface area contributed by atoms with Crippen LogP contribution in [-0.2, 0) is 9.59 Å². The summed E-state index contributed by atoms with van der Waals surface area (Å²) in [6.07, 6.45) is 0.377. The van der Waals surface area contributed by atoms with Crippen LogP contribution < -0.4 is 5.32 Å². The molecular weight excluding hydrogens is 356 g/mol. The number of benzene rings is 2. The summed E-state index contributed by atoms with van der Waals surface area (Å²) in [5.41, 5.74) is 1.86. The second kappa shape index (κ2) is 9.49. The summed E-state index contributed by atoms with van der Waals surface area (Å²) in [6, 6.07) is 15.1. The van der Waals surface area contributed by atoms with E-state index in [0.29, 0.717) is 17.2 Å². The Hall–Kier alpha value is -1.98. The van der Waals surface area contributed by atoms with E-state index < -0.39 is 0 Å². The minimum atomic E-state index is -0.204. The van der Waals surface area contributed by atoms with E-state index in [1.165, 1.54) is 4.90 Å². The fourth-order valence-electron chi connectivity index (χ4n) is 2.12. The van der Waals surface area contributed by atoms with Gasteiger partial charge in [0, 0.05) is 34.8 Å². The highest BCUT2D eigenvalue weighted by Crippen LogP contribution is 2.21. The third-order valence-corrected chi connectivity index (χ3v) is 4.81. The first kappa shape index (κ1) is 19.3. The van der Waals surface area contributed by atoms with Gasteiger partial charge in [-0.15, -0.1) is 11.8 Å². The van der Waals surface area contributed by atoms with Gasteiger partial charge in [0.15, 0.2) is 0 Å². The van der Waals surface area contributed by atoms with Gasteiger partial charge in [0.05, 0.1) is 6.54 Å². The Balaban J connectivity index is 1.72. The Bertz CT molecular complexity index is 717. The van der Waals surface area contributed by atoms with Crippen molar-refractivity contribution in [3.05, 3.63) is 59.1 Å². The minimum absolute atomic E-state index is 0.0400. The molecule has 0 bridgehead atoms.